The molecule has 0 bridgehead atoms. The molecule has 0 radical (unpaired) electrons. The Kier molecular flexibility index (Phi) is 3.77. The lowest BCUT2D eigenvalue weighted by molar-refractivity contribution is -0.115. The number of thioether (sulfide) groups is 1. The molecule has 3 N–H and O–H groups in total. The van der Waals surface area contributed by atoms with E-state index in [0.29, 0.717) is 21.9 Å². The molecular weight excluding hydrogens is 336 g/mol. The maximum absolute atomic E-state index is 13.1. The Morgan fingerprint density at radius 1 is 1.12 bits per heavy atom. The van der Waals surface area contributed by atoms with E-state index in [9.17, 15) is 9.59 Å². The molecule has 0 aliphatic heterocycles. The molecule has 0 aliphatic rings. The number of para-hydroxylation sites is 2. The summed E-state index contributed by atoms with van der Waals surface area (Å²) in [6, 6.07) is 16.8. The summed E-state index contributed by atoms with van der Waals surface area (Å²) < 4.78 is 1.51. The second-order valence-electron chi connectivity index (χ2n) is 5.52. The number of hydrogen-bond acceptors (Lipinski definition) is 4. The molecule has 0 saturated heterocycles. The Hall–Kier alpha value is -3.06. The number of primary amides is 1. The van der Waals surface area contributed by atoms with Crippen LogP contribution in [0.3, 0.4) is 0 Å². The zero-order chi connectivity index (χ0) is 17.4. The molecule has 0 unspecified atom stereocenters. The minimum atomic E-state index is -0.460. The molecule has 0 fully saturated rings. The number of carbonyl (C=O) groups excluding carboxylic acids is 1. The van der Waals surface area contributed by atoms with Crippen LogP contribution < -0.4 is 11.3 Å². The van der Waals surface area contributed by atoms with Crippen LogP contribution in [0.5, 0.6) is 0 Å². The van der Waals surface area contributed by atoms with E-state index in [1.54, 1.807) is 0 Å². The van der Waals surface area contributed by atoms with Crippen molar-refractivity contribution in [2.75, 3.05) is 5.75 Å². The van der Waals surface area contributed by atoms with Crippen LogP contribution in [0.1, 0.15) is 0 Å². The number of H-pyrrole nitrogens is 1. The summed E-state index contributed by atoms with van der Waals surface area (Å²) in [5.41, 5.74) is 7.63. The van der Waals surface area contributed by atoms with Crippen LogP contribution in [0, 0.1) is 0 Å². The van der Waals surface area contributed by atoms with Crippen LogP contribution in [0.15, 0.2) is 64.5 Å². The number of rotatable bonds is 4. The average molecular weight is 350 g/mol. The number of fused-ring (bicyclic) bond motifs is 3. The van der Waals surface area contributed by atoms with Gasteiger partial charge in [0.15, 0.2) is 5.16 Å². The molecule has 0 spiro atoms. The van der Waals surface area contributed by atoms with E-state index in [1.807, 2.05) is 54.6 Å². The van der Waals surface area contributed by atoms with Gasteiger partial charge in [-0.05, 0) is 18.2 Å². The minimum Gasteiger partial charge on any atom is -0.369 e. The highest BCUT2D eigenvalue weighted by Crippen LogP contribution is 2.26. The van der Waals surface area contributed by atoms with Gasteiger partial charge in [-0.1, -0.05) is 48.2 Å². The van der Waals surface area contributed by atoms with Gasteiger partial charge in [-0.2, -0.15) is 0 Å². The largest absolute Gasteiger partial charge is 0.369 e. The third-order valence-electron chi connectivity index (χ3n) is 3.85. The molecule has 25 heavy (non-hydrogen) atoms. The maximum Gasteiger partial charge on any atom is 0.283 e. The van der Waals surface area contributed by atoms with Crippen LogP contribution in [0.25, 0.3) is 27.6 Å². The Morgan fingerprint density at radius 3 is 2.60 bits per heavy atom. The minimum absolute atomic E-state index is 0.0487. The zero-order valence-electron chi connectivity index (χ0n) is 13.1. The van der Waals surface area contributed by atoms with Crippen LogP contribution in [0.4, 0.5) is 0 Å². The van der Waals surface area contributed by atoms with Gasteiger partial charge in [0.25, 0.3) is 5.56 Å². The SMILES string of the molecule is NC(=O)CSc1nc2c([nH]c3ccccc32)c(=O)n1-c1ccccc1. The molecule has 7 heteroatoms. The third kappa shape index (κ3) is 2.68. The van der Waals surface area contributed by atoms with Crippen LogP contribution in [-0.4, -0.2) is 26.2 Å². The number of nitrogens with one attached hydrogen (secondary N) is 1. The molecule has 0 aliphatic carbocycles. The van der Waals surface area contributed by atoms with Crippen LogP contribution in [0.2, 0.25) is 0 Å². The number of hydrogen-bond donors (Lipinski definition) is 2. The van der Waals surface area contributed by atoms with Crippen molar-refractivity contribution in [2.45, 2.75) is 5.16 Å². The number of nitrogens with two attached hydrogens (primary N) is 1. The quantitative estimate of drug-likeness (QED) is 0.437. The summed E-state index contributed by atoms with van der Waals surface area (Å²) >= 11 is 1.15. The van der Waals surface area contributed by atoms with E-state index in [2.05, 4.69) is 9.97 Å². The van der Waals surface area contributed by atoms with E-state index in [4.69, 9.17) is 5.73 Å². The maximum atomic E-state index is 13.1. The molecule has 4 rings (SSSR count). The number of carbonyl (C=O) groups is 1. The first kappa shape index (κ1) is 15.5. The Bertz CT molecular complexity index is 1150. The molecule has 124 valence electrons. The van der Waals surface area contributed by atoms with Crippen molar-refractivity contribution < 1.29 is 4.79 Å². The van der Waals surface area contributed by atoms with Crippen molar-refractivity contribution in [3.05, 3.63) is 65.0 Å². The first-order chi connectivity index (χ1) is 12.1. The predicted octanol–water partition coefficient (Wildman–Crippen LogP) is 2.44. The summed E-state index contributed by atoms with van der Waals surface area (Å²) in [5, 5.41) is 1.31. The molecule has 2 heterocycles. The first-order valence-electron chi connectivity index (χ1n) is 7.65. The topological polar surface area (TPSA) is 93.8 Å². The molecule has 4 aromatic rings. The normalized spacial score (nSPS) is 11.2. The van der Waals surface area contributed by atoms with Gasteiger partial charge >= 0.3 is 0 Å². The monoisotopic (exact) mass is 350 g/mol. The standard InChI is InChI=1S/C18H14N4O2S/c19-14(23)10-25-18-21-15-12-8-4-5-9-13(12)20-16(15)17(24)22(18)11-6-2-1-3-7-11/h1-9,20H,10H2,(H2,19,23). The number of amides is 1. The highest BCUT2D eigenvalue weighted by molar-refractivity contribution is 7.99. The van der Waals surface area contributed by atoms with E-state index in [1.165, 1.54) is 4.57 Å². The lowest BCUT2D eigenvalue weighted by Crippen LogP contribution is -2.23. The van der Waals surface area contributed by atoms with E-state index < -0.39 is 5.91 Å². The molecule has 6 nitrogen and oxygen atoms in total. The number of benzene rings is 2. The summed E-state index contributed by atoms with van der Waals surface area (Å²) in [6.07, 6.45) is 0. The van der Waals surface area contributed by atoms with Gasteiger partial charge in [0.05, 0.1) is 11.4 Å². The predicted molar refractivity (Wildman–Crippen MR) is 99.1 cm³/mol. The molecule has 0 saturated carbocycles. The highest BCUT2D eigenvalue weighted by Gasteiger charge is 2.17. The van der Waals surface area contributed by atoms with Gasteiger partial charge in [-0.15, -0.1) is 0 Å². The third-order valence-corrected chi connectivity index (χ3v) is 4.81. The van der Waals surface area contributed by atoms with E-state index in [-0.39, 0.29) is 11.3 Å². The number of aromatic amines is 1. The zero-order valence-corrected chi connectivity index (χ0v) is 13.9. The van der Waals surface area contributed by atoms with Crippen molar-refractivity contribution in [1.82, 2.24) is 14.5 Å². The molecule has 0 atom stereocenters. The second-order valence-corrected chi connectivity index (χ2v) is 6.46. The van der Waals surface area contributed by atoms with Crippen LogP contribution >= 0.6 is 11.8 Å². The molecular formula is C18H14N4O2S. The summed E-state index contributed by atoms with van der Waals surface area (Å²) in [4.78, 5) is 32.1. The van der Waals surface area contributed by atoms with Gasteiger partial charge in [0.2, 0.25) is 5.91 Å². The summed E-state index contributed by atoms with van der Waals surface area (Å²) in [6.45, 7) is 0. The van der Waals surface area contributed by atoms with Crippen molar-refractivity contribution in [2.24, 2.45) is 5.73 Å². The van der Waals surface area contributed by atoms with Gasteiger partial charge in [-0.3, -0.25) is 14.2 Å². The highest BCUT2D eigenvalue weighted by atomic mass is 32.2. The first-order valence-corrected chi connectivity index (χ1v) is 8.63. The molecule has 2 aromatic carbocycles. The van der Waals surface area contributed by atoms with Gasteiger partial charge in [0.1, 0.15) is 11.0 Å². The molecule has 2 aromatic heterocycles. The van der Waals surface area contributed by atoms with Gasteiger partial charge in [-0.25, -0.2) is 4.98 Å². The fraction of sp³-hybridized carbons (Fsp3) is 0.0556. The Balaban J connectivity index is 2.05. The van der Waals surface area contributed by atoms with E-state index >= 15 is 0 Å². The Labute approximate surface area is 146 Å². The number of aromatic nitrogens is 3. The van der Waals surface area contributed by atoms with Crippen LogP contribution in [-0.2, 0) is 4.79 Å². The second kappa shape index (κ2) is 6.10. The van der Waals surface area contributed by atoms with Crippen molar-refractivity contribution in [3.63, 3.8) is 0 Å². The van der Waals surface area contributed by atoms with Crippen molar-refractivity contribution in [3.8, 4) is 5.69 Å². The van der Waals surface area contributed by atoms with Gasteiger partial charge in [0, 0.05) is 10.9 Å². The van der Waals surface area contributed by atoms with Crippen molar-refractivity contribution >= 4 is 39.6 Å². The average Bonchev–Trinajstić information content (AvgIpc) is 3.00. The van der Waals surface area contributed by atoms with Crippen molar-refractivity contribution in [1.29, 1.82) is 0 Å². The Morgan fingerprint density at radius 2 is 1.84 bits per heavy atom. The smallest absolute Gasteiger partial charge is 0.283 e. The van der Waals surface area contributed by atoms with Gasteiger partial charge < -0.3 is 10.7 Å². The number of nitrogens with zero attached hydrogens (tertiary/aromatic N) is 2. The van der Waals surface area contributed by atoms with E-state index in [0.717, 1.165) is 22.7 Å². The fourth-order valence-corrected chi connectivity index (χ4v) is 3.52. The lowest BCUT2D eigenvalue weighted by atomic mass is 10.2. The summed E-state index contributed by atoms with van der Waals surface area (Å²) in [7, 11) is 0. The fourth-order valence-electron chi connectivity index (χ4n) is 2.78. The summed E-state index contributed by atoms with van der Waals surface area (Å²) in [5.74, 6) is -0.412. The lowest BCUT2D eigenvalue weighted by Gasteiger charge is -2.11. The molecule has 1 amide bonds.